The first-order chi connectivity index (χ1) is 11.5. The number of hydrogen-bond donors (Lipinski definition) is 1. The van der Waals surface area contributed by atoms with E-state index in [1.165, 1.54) is 0 Å². The third-order valence-electron chi connectivity index (χ3n) is 4.02. The number of ether oxygens (including phenoxy) is 1. The zero-order chi connectivity index (χ0) is 17.3. The quantitative estimate of drug-likeness (QED) is 0.779. The summed E-state index contributed by atoms with van der Waals surface area (Å²) in [6.45, 7) is 4.88. The Morgan fingerprint density at radius 3 is 2.75 bits per heavy atom. The van der Waals surface area contributed by atoms with Crippen LogP contribution in [-0.4, -0.2) is 32.4 Å². The Morgan fingerprint density at radius 1 is 1.29 bits per heavy atom. The van der Waals surface area contributed by atoms with Crippen LogP contribution in [0.2, 0.25) is 0 Å². The number of aliphatic hydroxyl groups is 1. The molecule has 0 spiro atoms. The van der Waals surface area contributed by atoms with E-state index in [1.54, 1.807) is 11.6 Å². The Kier molecular flexibility index (Phi) is 4.40. The van der Waals surface area contributed by atoms with Crippen molar-refractivity contribution in [2.24, 2.45) is 7.05 Å². The number of aryl methyl sites for hydroxylation is 3. The fraction of sp³-hybridized carbons (Fsp3) is 0.333. The summed E-state index contributed by atoms with van der Waals surface area (Å²) in [5.41, 5.74) is 3.43. The van der Waals surface area contributed by atoms with Crippen molar-refractivity contribution in [3.8, 4) is 17.1 Å². The zero-order valence-electron chi connectivity index (χ0n) is 14.1. The number of imidazole rings is 1. The van der Waals surface area contributed by atoms with Crippen LogP contribution in [0.1, 0.15) is 12.5 Å². The Labute approximate surface area is 139 Å². The van der Waals surface area contributed by atoms with Gasteiger partial charge in [-0.15, -0.1) is 0 Å². The van der Waals surface area contributed by atoms with Gasteiger partial charge in [-0.2, -0.15) is 0 Å². The molecule has 3 rings (SSSR count). The topological polar surface area (TPSA) is 69.3 Å². The van der Waals surface area contributed by atoms with Gasteiger partial charge in [0.15, 0.2) is 0 Å². The van der Waals surface area contributed by atoms with Crippen molar-refractivity contribution in [3.05, 3.63) is 46.4 Å². The molecule has 0 amide bonds. The van der Waals surface area contributed by atoms with Crippen molar-refractivity contribution in [2.45, 2.75) is 20.4 Å². The smallest absolute Gasteiger partial charge is 0.253 e. The largest absolute Gasteiger partial charge is 0.491 e. The van der Waals surface area contributed by atoms with Crippen molar-refractivity contribution < 1.29 is 9.84 Å². The summed E-state index contributed by atoms with van der Waals surface area (Å²) in [5, 5.41) is 8.88. The molecule has 0 atom stereocenters. The maximum atomic E-state index is 11.9. The Hall–Kier alpha value is -2.60. The second kappa shape index (κ2) is 6.49. The predicted octanol–water partition coefficient (Wildman–Crippen LogP) is 2.10. The number of fused-ring (bicyclic) bond motifs is 1. The number of hydrogen-bond acceptors (Lipinski definition) is 4. The second-order valence-corrected chi connectivity index (χ2v) is 5.73. The highest BCUT2D eigenvalue weighted by Gasteiger charge is 2.14. The molecule has 0 fully saturated rings. The lowest BCUT2D eigenvalue weighted by atomic mass is 10.2. The van der Waals surface area contributed by atoms with Crippen molar-refractivity contribution in [1.29, 1.82) is 0 Å². The number of aliphatic hydroxyl groups excluding tert-OH is 1. The molecule has 0 saturated heterocycles. The molecule has 1 N–H and O–H groups in total. The average molecular weight is 327 g/mol. The van der Waals surface area contributed by atoms with Crippen molar-refractivity contribution in [1.82, 2.24) is 14.1 Å². The predicted molar refractivity (Wildman–Crippen MR) is 93.4 cm³/mol. The maximum Gasteiger partial charge on any atom is 0.253 e. The Morgan fingerprint density at radius 2 is 2.08 bits per heavy atom. The highest BCUT2D eigenvalue weighted by molar-refractivity contribution is 5.82. The molecule has 2 aromatic heterocycles. The summed E-state index contributed by atoms with van der Waals surface area (Å²) >= 11 is 0. The van der Waals surface area contributed by atoms with Gasteiger partial charge in [0, 0.05) is 37.0 Å². The monoisotopic (exact) mass is 327 g/mol. The fourth-order valence-corrected chi connectivity index (χ4v) is 2.90. The van der Waals surface area contributed by atoms with Gasteiger partial charge in [-0.05, 0) is 32.0 Å². The Balaban J connectivity index is 2.15. The van der Waals surface area contributed by atoms with Crippen LogP contribution in [0.5, 0.6) is 5.75 Å². The van der Waals surface area contributed by atoms with E-state index in [9.17, 15) is 4.79 Å². The van der Waals surface area contributed by atoms with Crippen molar-refractivity contribution >= 4 is 11.0 Å². The van der Waals surface area contributed by atoms with E-state index < -0.39 is 0 Å². The summed E-state index contributed by atoms with van der Waals surface area (Å²) < 4.78 is 9.16. The van der Waals surface area contributed by atoms with Crippen LogP contribution in [0.15, 0.2) is 35.3 Å². The average Bonchev–Trinajstić information content (AvgIpc) is 2.95. The van der Waals surface area contributed by atoms with Crippen LogP contribution in [-0.2, 0) is 13.6 Å². The highest BCUT2D eigenvalue weighted by Crippen LogP contribution is 2.27. The molecule has 2 heterocycles. The van der Waals surface area contributed by atoms with E-state index in [-0.39, 0.29) is 18.8 Å². The van der Waals surface area contributed by atoms with Gasteiger partial charge in [0.05, 0.1) is 17.6 Å². The second-order valence-electron chi connectivity index (χ2n) is 5.73. The summed E-state index contributed by atoms with van der Waals surface area (Å²) in [4.78, 5) is 16.7. The van der Waals surface area contributed by atoms with Gasteiger partial charge in [-0.1, -0.05) is 0 Å². The molecule has 0 aliphatic heterocycles. The molecule has 0 aliphatic carbocycles. The van der Waals surface area contributed by atoms with E-state index in [4.69, 9.17) is 14.8 Å². The molecule has 1 aromatic carbocycles. The molecule has 6 heteroatoms. The molecule has 24 heavy (non-hydrogen) atoms. The lowest BCUT2D eigenvalue weighted by Crippen LogP contribution is -2.18. The van der Waals surface area contributed by atoms with Crippen LogP contribution in [0, 0.1) is 6.92 Å². The first-order valence-electron chi connectivity index (χ1n) is 7.96. The zero-order valence-corrected chi connectivity index (χ0v) is 14.1. The molecule has 0 saturated carbocycles. The number of rotatable bonds is 5. The van der Waals surface area contributed by atoms with Gasteiger partial charge < -0.3 is 19.0 Å². The normalized spacial score (nSPS) is 11.2. The van der Waals surface area contributed by atoms with Gasteiger partial charge in [0.2, 0.25) is 0 Å². The van der Waals surface area contributed by atoms with Crippen molar-refractivity contribution in [3.63, 3.8) is 0 Å². The number of aromatic nitrogens is 3. The van der Waals surface area contributed by atoms with E-state index in [2.05, 4.69) is 11.5 Å². The van der Waals surface area contributed by atoms with Gasteiger partial charge in [0.1, 0.15) is 18.2 Å². The number of benzene rings is 1. The maximum absolute atomic E-state index is 11.9. The molecular formula is C18H21N3O3. The van der Waals surface area contributed by atoms with E-state index >= 15 is 0 Å². The highest BCUT2D eigenvalue weighted by atomic mass is 16.5. The molecule has 0 aliphatic rings. The van der Waals surface area contributed by atoms with Gasteiger partial charge in [-0.3, -0.25) is 4.79 Å². The van der Waals surface area contributed by atoms with Crippen LogP contribution < -0.4 is 10.3 Å². The summed E-state index contributed by atoms with van der Waals surface area (Å²) in [6.07, 6.45) is 1.81. The SMILES string of the molecule is CCn1c(-c2cc(C)c(=O)n(C)c2)nc2cc(OCCO)ccc21. The molecule has 6 nitrogen and oxygen atoms in total. The van der Waals surface area contributed by atoms with E-state index in [1.807, 2.05) is 37.4 Å². The lowest BCUT2D eigenvalue weighted by Gasteiger charge is -2.09. The van der Waals surface area contributed by atoms with E-state index in [0.29, 0.717) is 11.3 Å². The molecule has 0 radical (unpaired) electrons. The van der Waals surface area contributed by atoms with Crippen LogP contribution in [0.3, 0.4) is 0 Å². The third kappa shape index (κ3) is 2.80. The number of nitrogens with zero attached hydrogens (tertiary/aromatic N) is 3. The van der Waals surface area contributed by atoms with Gasteiger partial charge >= 0.3 is 0 Å². The molecular weight excluding hydrogens is 306 g/mol. The minimum Gasteiger partial charge on any atom is -0.491 e. The molecule has 0 bridgehead atoms. The molecule has 0 unspecified atom stereocenters. The lowest BCUT2D eigenvalue weighted by molar-refractivity contribution is 0.201. The molecule has 3 aromatic rings. The summed E-state index contributed by atoms with van der Waals surface area (Å²) in [7, 11) is 1.75. The fourth-order valence-electron chi connectivity index (χ4n) is 2.90. The van der Waals surface area contributed by atoms with Crippen LogP contribution in [0.4, 0.5) is 0 Å². The minimum absolute atomic E-state index is 0.00222. The third-order valence-corrected chi connectivity index (χ3v) is 4.02. The summed E-state index contributed by atoms with van der Waals surface area (Å²) in [5.74, 6) is 1.51. The van der Waals surface area contributed by atoms with Crippen molar-refractivity contribution in [2.75, 3.05) is 13.2 Å². The van der Waals surface area contributed by atoms with Crippen LogP contribution >= 0.6 is 0 Å². The van der Waals surface area contributed by atoms with E-state index in [0.717, 1.165) is 29.0 Å². The molecule has 126 valence electrons. The number of pyridine rings is 1. The first kappa shape index (κ1) is 16.3. The summed E-state index contributed by atoms with van der Waals surface area (Å²) in [6, 6.07) is 7.59. The van der Waals surface area contributed by atoms with Gasteiger partial charge in [0.25, 0.3) is 5.56 Å². The minimum atomic E-state index is -0.0238. The van der Waals surface area contributed by atoms with Gasteiger partial charge in [-0.25, -0.2) is 4.98 Å². The van der Waals surface area contributed by atoms with Crippen LogP contribution in [0.25, 0.3) is 22.4 Å². The Bertz CT molecular complexity index is 914. The standard InChI is InChI=1S/C18H21N3O3/c1-4-21-16-6-5-14(24-8-7-22)10-15(16)19-17(21)13-9-12(2)18(23)20(3)11-13/h5-6,9-11,22H,4,7-8H2,1-3H3. The first-order valence-corrected chi connectivity index (χ1v) is 7.96.